The van der Waals surface area contributed by atoms with Gasteiger partial charge in [0, 0.05) is 18.2 Å². The molecule has 3 rings (SSSR count). The van der Waals surface area contributed by atoms with E-state index in [1.54, 1.807) is 13.2 Å². The summed E-state index contributed by atoms with van der Waals surface area (Å²) in [5.41, 5.74) is 3.57. The largest absolute Gasteiger partial charge is 0.497 e. The van der Waals surface area contributed by atoms with Gasteiger partial charge in [0.25, 0.3) is 0 Å². The van der Waals surface area contributed by atoms with E-state index in [0.29, 0.717) is 12.2 Å². The Balaban J connectivity index is 1.71. The third-order valence-corrected chi connectivity index (χ3v) is 3.65. The van der Waals surface area contributed by atoms with Gasteiger partial charge >= 0.3 is 0 Å². The zero-order chi connectivity index (χ0) is 16.2. The topological polar surface area (TPSA) is 67.0 Å². The van der Waals surface area contributed by atoms with E-state index in [1.807, 2.05) is 36.4 Å². The van der Waals surface area contributed by atoms with Crippen molar-refractivity contribution in [3.8, 4) is 5.75 Å². The fourth-order valence-corrected chi connectivity index (χ4v) is 2.48. The SMILES string of the molecule is CCc1nc2ccc(CC(=O)Nc3cccc(OC)c3)cc2[nH]1. The Bertz CT molecular complexity index is 839. The van der Waals surface area contributed by atoms with Crippen molar-refractivity contribution in [3.05, 3.63) is 53.9 Å². The first kappa shape index (κ1) is 15.1. The number of fused-ring (bicyclic) bond motifs is 1. The Labute approximate surface area is 134 Å². The van der Waals surface area contributed by atoms with Crippen molar-refractivity contribution in [2.45, 2.75) is 19.8 Å². The number of ether oxygens (including phenoxy) is 1. The average molecular weight is 309 g/mol. The quantitative estimate of drug-likeness (QED) is 0.760. The summed E-state index contributed by atoms with van der Waals surface area (Å²) in [6.07, 6.45) is 1.17. The summed E-state index contributed by atoms with van der Waals surface area (Å²) in [5, 5.41) is 2.88. The van der Waals surface area contributed by atoms with Gasteiger partial charge in [-0.15, -0.1) is 0 Å². The molecular weight excluding hydrogens is 290 g/mol. The number of rotatable bonds is 5. The average Bonchev–Trinajstić information content (AvgIpc) is 2.97. The fourth-order valence-electron chi connectivity index (χ4n) is 2.48. The van der Waals surface area contributed by atoms with E-state index < -0.39 is 0 Å². The van der Waals surface area contributed by atoms with Gasteiger partial charge in [-0.25, -0.2) is 4.98 Å². The molecule has 23 heavy (non-hydrogen) atoms. The van der Waals surface area contributed by atoms with Crippen molar-refractivity contribution >= 4 is 22.6 Å². The van der Waals surface area contributed by atoms with Crippen LogP contribution in [-0.4, -0.2) is 23.0 Å². The molecule has 0 unspecified atom stereocenters. The van der Waals surface area contributed by atoms with Crippen molar-refractivity contribution < 1.29 is 9.53 Å². The van der Waals surface area contributed by atoms with Gasteiger partial charge in [0.2, 0.25) is 5.91 Å². The van der Waals surface area contributed by atoms with E-state index in [-0.39, 0.29) is 5.91 Å². The maximum Gasteiger partial charge on any atom is 0.228 e. The van der Waals surface area contributed by atoms with Crippen LogP contribution in [0.3, 0.4) is 0 Å². The van der Waals surface area contributed by atoms with Crippen molar-refractivity contribution in [2.24, 2.45) is 0 Å². The highest BCUT2D eigenvalue weighted by molar-refractivity contribution is 5.93. The highest BCUT2D eigenvalue weighted by atomic mass is 16.5. The predicted molar refractivity (Wildman–Crippen MR) is 90.8 cm³/mol. The number of carbonyl (C=O) groups is 1. The third-order valence-electron chi connectivity index (χ3n) is 3.65. The predicted octanol–water partition coefficient (Wildman–Crippen LogP) is 3.32. The van der Waals surface area contributed by atoms with Crippen LogP contribution in [0, 0.1) is 0 Å². The number of nitrogens with zero attached hydrogens (tertiary/aromatic N) is 1. The molecule has 3 aromatic rings. The van der Waals surface area contributed by atoms with Crippen LogP contribution in [0.15, 0.2) is 42.5 Å². The number of hydrogen-bond donors (Lipinski definition) is 2. The molecule has 0 aliphatic carbocycles. The van der Waals surface area contributed by atoms with Crippen LogP contribution in [0.4, 0.5) is 5.69 Å². The van der Waals surface area contributed by atoms with Gasteiger partial charge in [0.1, 0.15) is 11.6 Å². The molecule has 0 aliphatic rings. The van der Waals surface area contributed by atoms with Crippen molar-refractivity contribution in [1.82, 2.24) is 9.97 Å². The molecule has 0 radical (unpaired) electrons. The third kappa shape index (κ3) is 3.51. The Kier molecular flexibility index (Phi) is 4.28. The van der Waals surface area contributed by atoms with Crippen molar-refractivity contribution in [1.29, 1.82) is 0 Å². The second-order valence-corrected chi connectivity index (χ2v) is 5.35. The number of aromatic amines is 1. The number of amides is 1. The number of H-pyrrole nitrogens is 1. The normalized spacial score (nSPS) is 10.7. The number of aryl methyl sites for hydroxylation is 1. The number of aromatic nitrogens is 2. The summed E-state index contributed by atoms with van der Waals surface area (Å²) in [4.78, 5) is 19.9. The molecule has 0 spiro atoms. The highest BCUT2D eigenvalue weighted by Gasteiger charge is 2.07. The van der Waals surface area contributed by atoms with Gasteiger partial charge in [-0.2, -0.15) is 0 Å². The van der Waals surface area contributed by atoms with E-state index in [0.717, 1.165) is 34.5 Å². The summed E-state index contributed by atoms with van der Waals surface area (Å²) in [7, 11) is 1.60. The molecular formula is C18H19N3O2. The molecule has 1 amide bonds. The Morgan fingerprint density at radius 2 is 2.13 bits per heavy atom. The Morgan fingerprint density at radius 3 is 2.91 bits per heavy atom. The number of nitrogens with one attached hydrogen (secondary N) is 2. The second-order valence-electron chi connectivity index (χ2n) is 5.35. The fraction of sp³-hybridized carbons (Fsp3) is 0.222. The van der Waals surface area contributed by atoms with Crippen LogP contribution in [0.2, 0.25) is 0 Å². The van der Waals surface area contributed by atoms with E-state index in [9.17, 15) is 4.79 Å². The lowest BCUT2D eigenvalue weighted by molar-refractivity contribution is -0.115. The summed E-state index contributed by atoms with van der Waals surface area (Å²) in [6.45, 7) is 2.06. The van der Waals surface area contributed by atoms with Gasteiger partial charge in [-0.1, -0.05) is 19.1 Å². The lowest BCUT2D eigenvalue weighted by Crippen LogP contribution is -2.14. The Hall–Kier alpha value is -2.82. The van der Waals surface area contributed by atoms with E-state index in [1.165, 1.54) is 0 Å². The molecule has 0 saturated carbocycles. The van der Waals surface area contributed by atoms with Crippen LogP contribution in [0.25, 0.3) is 11.0 Å². The molecule has 1 heterocycles. The van der Waals surface area contributed by atoms with E-state index >= 15 is 0 Å². The summed E-state index contributed by atoms with van der Waals surface area (Å²) in [6, 6.07) is 13.2. The smallest absolute Gasteiger partial charge is 0.228 e. The highest BCUT2D eigenvalue weighted by Crippen LogP contribution is 2.18. The van der Waals surface area contributed by atoms with Gasteiger partial charge in [0.05, 0.1) is 24.6 Å². The molecule has 1 aromatic heterocycles. The summed E-state index contributed by atoms with van der Waals surface area (Å²) in [5.74, 6) is 1.61. The zero-order valence-electron chi connectivity index (χ0n) is 13.2. The molecule has 0 aliphatic heterocycles. The standard InChI is InChI=1S/C18H19N3O2/c1-3-17-20-15-8-7-12(9-16(15)21-17)10-18(22)19-13-5-4-6-14(11-13)23-2/h4-9,11H,3,10H2,1-2H3,(H,19,22)(H,20,21). The lowest BCUT2D eigenvalue weighted by Gasteiger charge is -2.07. The molecule has 118 valence electrons. The molecule has 2 aromatic carbocycles. The number of carbonyl (C=O) groups excluding carboxylic acids is 1. The minimum Gasteiger partial charge on any atom is -0.497 e. The van der Waals surface area contributed by atoms with Gasteiger partial charge < -0.3 is 15.0 Å². The Morgan fingerprint density at radius 1 is 1.26 bits per heavy atom. The monoisotopic (exact) mass is 309 g/mol. The molecule has 0 bridgehead atoms. The molecule has 2 N–H and O–H groups in total. The first-order valence-electron chi connectivity index (χ1n) is 7.59. The summed E-state index contributed by atoms with van der Waals surface area (Å²) >= 11 is 0. The number of imidazole rings is 1. The molecule has 0 fully saturated rings. The first-order valence-corrected chi connectivity index (χ1v) is 7.59. The van der Waals surface area contributed by atoms with Gasteiger partial charge in [-0.05, 0) is 29.8 Å². The van der Waals surface area contributed by atoms with Crippen molar-refractivity contribution in [2.75, 3.05) is 12.4 Å². The number of hydrogen-bond acceptors (Lipinski definition) is 3. The van der Waals surface area contributed by atoms with E-state index in [2.05, 4.69) is 22.2 Å². The van der Waals surface area contributed by atoms with Crippen LogP contribution in [-0.2, 0) is 17.6 Å². The van der Waals surface area contributed by atoms with Gasteiger partial charge in [-0.3, -0.25) is 4.79 Å². The maximum absolute atomic E-state index is 12.2. The minimum absolute atomic E-state index is 0.0622. The molecule has 5 heteroatoms. The van der Waals surface area contributed by atoms with Crippen LogP contribution < -0.4 is 10.1 Å². The number of anilines is 1. The van der Waals surface area contributed by atoms with Crippen molar-refractivity contribution in [3.63, 3.8) is 0 Å². The van der Waals surface area contributed by atoms with E-state index in [4.69, 9.17) is 4.74 Å². The molecule has 0 saturated heterocycles. The number of methoxy groups -OCH3 is 1. The van der Waals surface area contributed by atoms with Crippen LogP contribution >= 0.6 is 0 Å². The van der Waals surface area contributed by atoms with Crippen LogP contribution in [0.5, 0.6) is 5.75 Å². The lowest BCUT2D eigenvalue weighted by atomic mass is 10.1. The summed E-state index contributed by atoms with van der Waals surface area (Å²) < 4.78 is 5.15. The van der Waals surface area contributed by atoms with Crippen LogP contribution in [0.1, 0.15) is 18.3 Å². The zero-order valence-corrected chi connectivity index (χ0v) is 13.2. The molecule has 0 atom stereocenters. The number of benzene rings is 2. The minimum atomic E-state index is -0.0622. The molecule has 5 nitrogen and oxygen atoms in total. The maximum atomic E-state index is 12.2. The second kappa shape index (κ2) is 6.52. The first-order chi connectivity index (χ1) is 11.2. The van der Waals surface area contributed by atoms with Gasteiger partial charge in [0.15, 0.2) is 0 Å².